The van der Waals surface area contributed by atoms with Crippen molar-refractivity contribution in [3.63, 3.8) is 0 Å². The zero-order valence-electron chi connectivity index (χ0n) is 14.0. The van der Waals surface area contributed by atoms with Crippen LogP contribution in [0.4, 0.5) is 11.4 Å². The molecule has 0 unspecified atom stereocenters. The first-order valence-corrected chi connectivity index (χ1v) is 8.35. The van der Waals surface area contributed by atoms with Gasteiger partial charge in [0, 0.05) is 6.92 Å². The highest BCUT2D eigenvalue weighted by atomic mass is 35.5. The molecule has 130 valence electrons. The van der Waals surface area contributed by atoms with Crippen molar-refractivity contribution < 1.29 is 14.7 Å². The van der Waals surface area contributed by atoms with Crippen LogP contribution in [0.5, 0.6) is 0 Å². The van der Waals surface area contributed by atoms with Crippen LogP contribution in [-0.2, 0) is 4.79 Å². The second-order valence-corrected chi connectivity index (χ2v) is 6.12. The second kappa shape index (κ2) is 7.42. The zero-order chi connectivity index (χ0) is 18.7. The Kier molecular flexibility index (Phi) is 5.05. The first kappa shape index (κ1) is 17.7. The summed E-state index contributed by atoms with van der Waals surface area (Å²) >= 11 is 6.46. The lowest BCUT2D eigenvalue weighted by atomic mass is 10.0. The number of halogens is 1. The zero-order valence-corrected chi connectivity index (χ0v) is 14.8. The first-order valence-electron chi connectivity index (χ1n) is 7.97. The van der Waals surface area contributed by atoms with Crippen molar-refractivity contribution in [3.8, 4) is 11.1 Å². The molecule has 0 spiro atoms. The van der Waals surface area contributed by atoms with E-state index in [9.17, 15) is 14.7 Å². The van der Waals surface area contributed by atoms with Crippen LogP contribution in [0.1, 0.15) is 17.3 Å². The summed E-state index contributed by atoms with van der Waals surface area (Å²) in [7, 11) is 0. The summed E-state index contributed by atoms with van der Waals surface area (Å²) in [6, 6.07) is 21.4. The minimum Gasteiger partial charge on any atom is -0.478 e. The number of carboxylic acid groups (broad SMARTS) is 1. The maximum Gasteiger partial charge on any atom is 0.337 e. The monoisotopic (exact) mass is 365 g/mol. The van der Waals surface area contributed by atoms with Crippen LogP contribution in [0.25, 0.3) is 11.1 Å². The van der Waals surface area contributed by atoms with Crippen molar-refractivity contribution in [2.75, 3.05) is 4.90 Å². The Hall–Kier alpha value is -3.11. The van der Waals surface area contributed by atoms with Crippen molar-refractivity contribution in [2.45, 2.75) is 6.92 Å². The number of carbonyl (C=O) groups is 2. The van der Waals surface area contributed by atoms with Gasteiger partial charge in [0.1, 0.15) is 0 Å². The maximum atomic E-state index is 12.3. The molecule has 0 radical (unpaired) electrons. The molecule has 3 rings (SSSR count). The molecule has 26 heavy (non-hydrogen) atoms. The standard InChI is InChI=1S/C21H16ClNO3/c1-14(24)23(19-10-6-5-9-17(19)21(25)26)20-12-11-16(13-18(20)22)15-7-3-2-4-8-15/h2-13H,1H3,(H,25,26). The van der Waals surface area contributed by atoms with E-state index in [2.05, 4.69) is 0 Å². The molecule has 3 aromatic carbocycles. The molecule has 0 saturated heterocycles. The van der Waals surface area contributed by atoms with Crippen molar-refractivity contribution in [3.05, 3.63) is 83.4 Å². The summed E-state index contributed by atoms with van der Waals surface area (Å²) in [6.45, 7) is 1.38. The number of hydrogen-bond donors (Lipinski definition) is 1. The van der Waals surface area contributed by atoms with E-state index in [0.29, 0.717) is 10.7 Å². The van der Waals surface area contributed by atoms with E-state index in [0.717, 1.165) is 11.1 Å². The fourth-order valence-electron chi connectivity index (χ4n) is 2.82. The summed E-state index contributed by atoms with van der Waals surface area (Å²) in [5.41, 5.74) is 2.66. The van der Waals surface area contributed by atoms with Crippen molar-refractivity contribution >= 4 is 34.9 Å². The van der Waals surface area contributed by atoms with Crippen LogP contribution in [0.3, 0.4) is 0 Å². The van der Waals surface area contributed by atoms with Gasteiger partial charge in [-0.15, -0.1) is 0 Å². The van der Waals surface area contributed by atoms with Crippen molar-refractivity contribution in [1.29, 1.82) is 0 Å². The summed E-state index contributed by atoms with van der Waals surface area (Å²) in [5, 5.41) is 9.80. The van der Waals surface area contributed by atoms with Crippen LogP contribution in [0, 0.1) is 0 Å². The highest BCUT2D eigenvalue weighted by Crippen LogP contribution is 2.36. The second-order valence-electron chi connectivity index (χ2n) is 5.71. The molecule has 0 aliphatic rings. The van der Waals surface area contributed by atoms with E-state index in [1.165, 1.54) is 17.9 Å². The predicted molar refractivity (Wildman–Crippen MR) is 103 cm³/mol. The van der Waals surface area contributed by atoms with Crippen molar-refractivity contribution in [2.24, 2.45) is 0 Å². The lowest BCUT2D eigenvalue weighted by Gasteiger charge is -2.24. The number of hydrogen-bond acceptors (Lipinski definition) is 2. The Morgan fingerprint density at radius 1 is 0.846 bits per heavy atom. The van der Waals surface area contributed by atoms with Gasteiger partial charge in [-0.1, -0.05) is 60.1 Å². The largest absolute Gasteiger partial charge is 0.478 e. The molecule has 0 aromatic heterocycles. The number of carboxylic acids is 1. The highest BCUT2D eigenvalue weighted by Gasteiger charge is 2.22. The van der Waals surface area contributed by atoms with Gasteiger partial charge >= 0.3 is 5.97 Å². The van der Waals surface area contributed by atoms with Gasteiger partial charge in [-0.3, -0.25) is 9.69 Å². The SMILES string of the molecule is CC(=O)N(c1ccc(-c2ccccc2)cc1Cl)c1ccccc1C(=O)O. The third-order valence-corrected chi connectivity index (χ3v) is 4.29. The summed E-state index contributed by atoms with van der Waals surface area (Å²) in [5.74, 6) is -1.43. The Labute approximate surface area is 156 Å². The number of rotatable bonds is 4. The fraction of sp³-hybridized carbons (Fsp3) is 0.0476. The minimum atomic E-state index is -1.11. The highest BCUT2D eigenvalue weighted by molar-refractivity contribution is 6.34. The van der Waals surface area contributed by atoms with Crippen LogP contribution in [0.2, 0.25) is 5.02 Å². The topological polar surface area (TPSA) is 57.6 Å². The van der Waals surface area contributed by atoms with Gasteiger partial charge in [0.05, 0.1) is 22.0 Å². The average Bonchev–Trinajstić information content (AvgIpc) is 2.64. The maximum absolute atomic E-state index is 12.3. The molecule has 1 amide bonds. The van der Waals surface area contributed by atoms with Crippen LogP contribution in [0.15, 0.2) is 72.8 Å². The normalized spacial score (nSPS) is 10.4. The fourth-order valence-corrected chi connectivity index (χ4v) is 3.08. The molecule has 0 bridgehead atoms. The minimum absolute atomic E-state index is 0.0332. The third kappa shape index (κ3) is 3.46. The molecule has 4 nitrogen and oxygen atoms in total. The number of para-hydroxylation sites is 1. The Balaban J connectivity index is 2.11. The molecule has 0 fully saturated rings. The summed E-state index contributed by atoms with van der Waals surface area (Å²) in [6.07, 6.45) is 0. The lowest BCUT2D eigenvalue weighted by molar-refractivity contribution is -0.115. The molecule has 0 saturated carbocycles. The van der Waals surface area contributed by atoms with E-state index in [1.807, 2.05) is 36.4 Å². The third-order valence-electron chi connectivity index (χ3n) is 3.99. The molecule has 0 heterocycles. The molecule has 0 aliphatic carbocycles. The number of aromatic carboxylic acids is 1. The molecular weight excluding hydrogens is 350 g/mol. The Bertz CT molecular complexity index is 970. The van der Waals surface area contributed by atoms with E-state index < -0.39 is 5.97 Å². The van der Waals surface area contributed by atoms with E-state index in [1.54, 1.807) is 30.3 Å². The van der Waals surface area contributed by atoms with Crippen LogP contribution in [-0.4, -0.2) is 17.0 Å². The number of benzene rings is 3. The van der Waals surface area contributed by atoms with Crippen molar-refractivity contribution in [1.82, 2.24) is 0 Å². The lowest BCUT2D eigenvalue weighted by Crippen LogP contribution is -2.25. The smallest absolute Gasteiger partial charge is 0.337 e. The molecular formula is C21H16ClNO3. The molecule has 3 aromatic rings. The van der Waals surface area contributed by atoms with Gasteiger partial charge in [-0.2, -0.15) is 0 Å². The van der Waals surface area contributed by atoms with Gasteiger partial charge in [-0.25, -0.2) is 4.79 Å². The van der Waals surface area contributed by atoms with Crippen LogP contribution >= 0.6 is 11.6 Å². The Morgan fingerprint density at radius 3 is 2.12 bits per heavy atom. The number of anilines is 2. The van der Waals surface area contributed by atoms with Gasteiger partial charge in [0.25, 0.3) is 0 Å². The number of nitrogens with zero attached hydrogens (tertiary/aromatic N) is 1. The quantitative estimate of drug-likeness (QED) is 0.674. The van der Waals surface area contributed by atoms with Gasteiger partial charge in [0.2, 0.25) is 5.91 Å². The van der Waals surface area contributed by atoms with Gasteiger partial charge in [-0.05, 0) is 35.4 Å². The molecule has 0 atom stereocenters. The van der Waals surface area contributed by atoms with Gasteiger partial charge < -0.3 is 5.11 Å². The molecule has 1 N–H and O–H groups in total. The summed E-state index contributed by atoms with van der Waals surface area (Å²) < 4.78 is 0. The van der Waals surface area contributed by atoms with E-state index >= 15 is 0 Å². The van der Waals surface area contributed by atoms with E-state index in [-0.39, 0.29) is 17.2 Å². The molecule has 0 aliphatic heterocycles. The van der Waals surface area contributed by atoms with Gasteiger partial charge in [0.15, 0.2) is 0 Å². The predicted octanol–water partition coefficient (Wildman–Crippen LogP) is 5.39. The number of amides is 1. The van der Waals surface area contributed by atoms with Crippen LogP contribution < -0.4 is 4.90 Å². The first-order chi connectivity index (χ1) is 12.5. The van der Waals surface area contributed by atoms with E-state index in [4.69, 9.17) is 11.6 Å². The summed E-state index contributed by atoms with van der Waals surface area (Å²) in [4.78, 5) is 25.2. The Morgan fingerprint density at radius 2 is 1.50 bits per heavy atom. The average molecular weight is 366 g/mol. The molecule has 5 heteroatoms. The number of carbonyl (C=O) groups excluding carboxylic acids is 1.